The maximum Gasteiger partial charge on any atom is 0.230 e. The monoisotopic (exact) mass is 256 g/mol. The zero-order chi connectivity index (χ0) is 12.9. The van der Waals surface area contributed by atoms with Crippen LogP contribution in [0.2, 0.25) is 0 Å². The van der Waals surface area contributed by atoms with Gasteiger partial charge in [-0.05, 0) is 50.4 Å². The first-order valence-corrected chi connectivity index (χ1v) is 7.42. The molecule has 1 saturated carbocycles. The molecule has 3 nitrogen and oxygen atoms in total. The van der Waals surface area contributed by atoms with E-state index in [1.807, 2.05) is 0 Å². The highest BCUT2D eigenvalue weighted by Gasteiger charge is 2.53. The van der Waals surface area contributed by atoms with Crippen molar-refractivity contribution in [3.05, 3.63) is 29.8 Å². The van der Waals surface area contributed by atoms with Crippen molar-refractivity contribution in [1.82, 2.24) is 5.32 Å². The summed E-state index contributed by atoms with van der Waals surface area (Å²) in [6.07, 6.45) is 4.48. The maximum absolute atomic E-state index is 12.8. The van der Waals surface area contributed by atoms with Crippen LogP contribution in [0.15, 0.2) is 24.3 Å². The fourth-order valence-corrected chi connectivity index (χ4v) is 3.69. The Morgan fingerprint density at radius 2 is 1.95 bits per heavy atom. The van der Waals surface area contributed by atoms with Crippen LogP contribution in [0.1, 0.15) is 31.2 Å². The zero-order valence-corrected chi connectivity index (χ0v) is 11.2. The SMILES string of the molecule is O=C(C1CCNCC1)N1CC2(CC2)c2ccccc21. The molecule has 0 radical (unpaired) electrons. The van der Waals surface area contributed by atoms with Crippen LogP contribution < -0.4 is 10.2 Å². The molecule has 1 spiro atoms. The topological polar surface area (TPSA) is 32.3 Å². The molecule has 0 atom stereocenters. The third-order valence-corrected chi connectivity index (χ3v) is 5.03. The van der Waals surface area contributed by atoms with Gasteiger partial charge in [0, 0.05) is 23.6 Å². The Kier molecular flexibility index (Phi) is 2.46. The van der Waals surface area contributed by atoms with Gasteiger partial charge in [-0.2, -0.15) is 0 Å². The molecule has 0 aromatic heterocycles. The number of hydrogen-bond acceptors (Lipinski definition) is 2. The van der Waals surface area contributed by atoms with Crippen LogP contribution >= 0.6 is 0 Å². The van der Waals surface area contributed by atoms with E-state index in [0.29, 0.717) is 11.3 Å². The number of carbonyl (C=O) groups excluding carboxylic acids is 1. The third kappa shape index (κ3) is 1.71. The highest BCUT2D eigenvalue weighted by molar-refractivity contribution is 5.98. The lowest BCUT2D eigenvalue weighted by molar-refractivity contribution is -0.123. The fourth-order valence-electron chi connectivity index (χ4n) is 3.69. The second-order valence-corrected chi connectivity index (χ2v) is 6.25. The van der Waals surface area contributed by atoms with E-state index in [0.717, 1.165) is 32.5 Å². The highest BCUT2D eigenvalue weighted by atomic mass is 16.2. The number of hydrogen-bond donors (Lipinski definition) is 1. The number of para-hydroxylation sites is 1. The molecular weight excluding hydrogens is 236 g/mol. The lowest BCUT2D eigenvalue weighted by Crippen LogP contribution is -2.41. The molecule has 100 valence electrons. The maximum atomic E-state index is 12.8. The predicted octanol–water partition coefficient (Wildman–Crippen LogP) is 2.06. The smallest absolute Gasteiger partial charge is 0.230 e. The quantitative estimate of drug-likeness (QED) is 0.834. The number of carbonyl (C=O) groups is 1. The Bertz CT molecular complexity index is 515. The molecular formula is C16H20N2O. The molecule has 1 amide bonds. The molecule has 2 heterocycles. The average Bonchev–Trinajstić information content (AvgIpc) is 3.18. The number of piperidine rings is 1. The summed E-state index contributed by atoms with van der Waals surface area (Å²) in [6, 6.07) is 8.51. The van der Waals surface area contributed by atoms with Crippen LogP contribution in [0.4, 0.5) is 5.69 Å². The molecule has 0 unspecified atom stereocenters. The van der Waals surface area contributed by atoms with Crippen LogP contribution in [0.3, 0.4) is 0 Å². The summed E-state index contributed by atoms with van der Waals surface area (Å²) in [5, 5.41) is 3.34. The van der Waals surface area contributed by atoms with E-state index in [-0.39, 0.29) is 5.92 Å². The van der Waals surface area contributed by atoms with E-state index in [9.17, 15) is 4.79 Å². The minimum Gasteiger partial charge on any atom is -0.317 e. The lowest BCUT2D eigenvalue weighted by atomic mass is 9.96. The average molecular weight is 256 g/mol. The number of amides is 1. The number of nitrogens with one attached hydrogen (secondary N) is 1. The number of fused-ring (bicyclic) bond motifs is 2. The molecule has 1 saturated heterocycles. The van der Waals surface area contributed by atoms with Crippen LogP contribution in [-0.4, -0.2) is 25.5 Å². The van der Waals surface area contributed by atoms with Crippen LogP contribution in [-0.2, 0) is 10.2 Å². The van der Waals surface area contributed by atoms with Crippen LogP contribution in [0.25, 0.3) is 0 Å². The number of rotatable bonds is 1. The summed E-state index contributed by atoms with van der Waals surface area (Å²) in [4.78, 5) is 14.9. The molecule has 0 bridgehead atoms. The number of nitrogens with zero attached hydrogens (tertiary/aromatic N) is 1. The van der Waals surface area contributed by atoms with E-state index < -0.39 is 0 Å². The van der Waals surface area contributed by atoms with Crippen molar-refractivity contribution >= 4 is 11.6 Å². The van der Waals surface area contributed by atoms with Crippen molar-refractivity contribution in [2.75, 3.05) is 24.5 Å². The van der Waals surface area contributed by atoms with Gasteiger partial charge in [0.1, 0.15) is 0 Å². The second-order valence-electron chi connectivity index (χ2n) is 6.25. The summed E-state index contributed by atoms with van der Waals surface area (Å²) in [7, 11) is 0. The largest absolute Gasteiger partial charge is 0.317 e. The van der Waals surface area contributed by atoms with Gasteiger partial charge in [0.15, 0.2) is 0 Å². The van der Waals surface area contributed by atoms with E-state index in [1.165, 1.54) is 24.1 Å². The van der Waals surface area contributed by atoms with Gasteiger partial charge >= 0.3 is 0 Å². The molecule has 1 aliphatic carbocycles. The first kappa shape index (κ1) is 11.5. The molecule has 3 heteroatoms. The fraction of sp³-hybridized carbons (Fsp3) is 0.562. The van der Waals surface area contributed by atoms with Crippen LogP contribution in [0, 0.1) is 5.92 Å². The molecule has 1 aromatic carbocycles. The Hall–Kier alpha value is -1.35. The van der Waals surface area contributed by atoms with E-state index >= 15 is 0 Å². The highest BCUT2D eigenvalue weighted by Crippen LogP contribution is 2.56. The zero-order valence-electron chi connectivity index (χ0n) is 11.2. The number of benzene rings is 1. The van der Waals surface area contributed by atoms with Gasteiger partial charge < -0.3 is 10.2 Å². The minimum atomic E-state index is 0.225. The molecule has 19 heavy (non-hydrogen) atoms. The Morgan fingerprint density at radius 3 is 2.68 bits per heavy atom. The lowest BCUT2D eigenvalue weighted by Gasteiger charge is -2.27. The van der Waals surface area contributed by atoms with Crippen LogP contribution in [0.5, 0.6) is 0 Å². The summed E-state index contributed by atoms with van der Waals surface area (Å²) >= 11 is 0. The Morgan fingerprint density at radius 1 is 1.21 bits per heavy atom. The summed E-state index contributed by atoms with van der Waals surface area (Å²) in [5.41, 5.74) is 2.92. The molecule has 4 rings (SSSR count). The Labute approximate surface area is 114 Å². The van der Waals surface area contributed by atoms with Gasteiger partial charge in [0.05, 0.1) is 0 Å². The van der Waals surface area contributed by atoms with Gasteiger partial charge in [0.25, 0.3) is 0 Å². The molecule has 2 aliphatic heterocycles. The van der Waals surface area contributed by atoms with Crippen molar-refractivity contribution in [2.45, 2.75) is 31.1 Å². The van der Waals surface area contributed by atoms with Crippen molar-refractivity contribution < 1.29 is 4.79 Å². The summed E-state index contributed by atoms with van der Waals surface area (Å²) in [5.74, 6) is 0.584. The molecule has 1 aromatic rings. The minimum absolute atomic E-state index is 0.225. The standard InChI is InChI=1S/C16H20N2O/c19-15(12-5-9-17-10-6-12)18-11-16(7-8-16)13-3-1-2-4-14(13)18/h1-4,12,17H,5-11H2. The third-order valence-electron chi connectivity index (χ3n) is 5.03. The van der Waals surface area contributed by atoms with Gasteiger partial charge in [0.2, 0.25) is 5.91 Å². The molecule has 1 N–H and O–H groups in total. The van der Waals surface area contributed by atoms with Gasteiger partial charge in [-0.25, -0.2) is 0 Å². The van der Waals surface area contributed by atoms with Crippen molar-refractivity contribution in [3.8, 4) is 0 Å². The predicted molar refractivity (Wildman–Crippen MR) is 75.3 cm³/mol. The van der Waals surface area contributed by atoms with Crippen molar-refractivity contribution in [2.24, 2.45) is 5.92 Å². The van der Waals surface area contributed by atoms with Crippen molar-refractivity contribution in [1.29, 1.82) is 0 Å². The van der Waals surface area contributed by atoms with Gasteiger partial charge in [-0.1, -0.05) is 18.2 Å². The van der Waals surface area contributed by atoms with Crippen molar-refractivity contribution in [3.63, 3.8) is 0 Å². The first-order valence-electron chi connectivity index (χ1n) is 7.42. The summed E-state index contributed by atoms with van der Waals surface area (Å²) < 4.78 is 0. The second kappa shape index (κ2) is 4.07. The normalized spacial score (nSPS) is 24.5. The van der Waals surface area contributed by atoms with Gasteiger partial charge in [-0.3, -0.25) is 4.79 Å². The molecule has 2 fully saturated rings. The first-order chi connectivity index (χ1) is 9.30. The van der Waals surface area contributed by atoms with E-state index in [1.54, 1.807) is 0 Å². The Balaban J connectivity index is 1.64. The van der Waals surface area contributed by atoms with E-state index in [4.69, 9.17) is 0 Å². The van der Waals surface area contributed by atoms with E-state index in [2.05, 4.69) is 34.5 Å². The summed E-state index contributed by atoms with van der Waals surface area (Å²) in [6.45, 7) is 2.89. The molecule has 3 aliphatic rings. The van der Waals surface area contributed by atoms with Gasteiger partial charge in [-0.15, -0.1) is 0 Å². The number of anilines is 1.